The molecule has 0 aromatic carbocycles. The number of hydrogen-bond donors (Lipinski definition) is 1. The fourth-order valence-corrected chi connectivity index (χ4v) is 2.36. The monoisotopic (exact) mass is 300 g/mol. The molecule has 1 amide bonds. The van der Waals surface area contributed by atoms with E-state index in [0.717, 1.165) is 17.9 Å². The molecule has 1 heterocycles. The van der Waals surface area contributed by atoms with Gasteiger partial charge in [-0.15, -0.1) is 5.10 Å². The molecule has 8 heteroatoms. The summed E-state index contributed by atoms with van der Waals surface area (Å²) < 4.78 is 1.25. The van der Waals surface area contributed by atoms with Crippen molar-refractivity contribution >= 4 is 23.6 Å². The molecule has 112 valence electrons. The van der Waals surface area contributed by atoms with Gasteiger partial charge < -0.3 is 10.0 Å². The van der Waals surface area contributed by atoms with E-state index in [4.69, 9.17) is 5.11 Å². The van der Waals surface area contributed by atoms with Crippen LogP contribution in [0.25, 0.3) is 0 Å². The van der Waals surface area contributed by atoms with Gasteiger partial charge in [-0.3, -0.25) is 4.79 Å². The van der Waals surface area contributed by atoms with E-state index in [1.54, 1.807) is 11.9 Å². The fraction of sp³-hybridized carbons (Fsp3) is 0.667. The van der Waals surface area contributed by atoms with Gasteiger partial charge in [-0.25, -0.2) is 9.48 Å². The molecule has 0 aliphatic heterocycles. The van der Waals surface area contributed by atoms with Crippen LogP contribution >= 0.6 is 11.8 Å². The quantitative estimate of drug-likeness (QED) is 0.720. The molecule has 1 aromatic rings. The molecule has 0 fully saturated rings. The summed E-state index contributed by atoms with van der Waals surface area (Å²) in [5.41, 5.74) is -0.159. The van der Waals surface area contributed by atoms with Crippen molar-refractivity contribution in [1.82, 2.24) is 19.9 Å². The maximum atomic E-state index is 12.0. The maximum Gasteiger partial charge on any atom is 0.358 e. The first-order valence-electron chi connectivity index (χ1n) is 6.42. The number of rotatable bonds is 8. The van der Waals surface area contributed by atoms with Crippen molar-refractivity contribution in [2.45, 2.75) is 32.9 Å². The third-order valence-corrected chi connectivity index (χ3v) is 3.93. The van der Waals surface area contributed by atoms with Crippen molar-refractivity contribution in [3.8, 4) is 0 Å². The van der Waals surface area contributed by atoms with Gasteiger partial charge in [0.15, 0.2) is 5.69 Å². The van der Waals surface area contributed by atoms with Gasteiger partial charge in [0, 0.05) is 13.1 Å². The number of carboxylic acid groups (broad SMARTS) is 1. The smallest absolute Gasteiger partial charge is 0.358 e. The Morgan fingerprint density at radius 3 is 2.80 bits per heavy atom. The molecule has 0 radical (unpaired) electrons. The lowest BCUT2D eigenvalue weighted by molar-refractivity contribution is -0.132. The molecular weight excluding hydrogens is 280 g/mol. The Hall–Kier alpha value is -1.57. The van der Waals surface area contributed by atoms with Crippen molar-refractivity contribution in [3.63, 3.8) is 0 Å². The molecule has 20 heavy (non-hydrogen) atoms. The highest BCUT2D eigenvalue weighted by molar-refractivity contribution is 7.99. The number of nitrogens with zero attached hydrogens (tertiary/aromatic N) is 4. The van der Waals surface area contributed by atoms with Gasteiger partial charge in [-0.1, -0.05) is 12.1 Å². The average molecular weight is 300 g/mol. The van der Waals surface area contributed by atoms with E-state index in [-0.39, 0.29) is 24.2 Å². The van der Waals surface area contributed by atoms with E-state index in [9.17, 15) is 9.59 Å². The molecule has 0 aliphatic rings. The summed E-state index contributed by atoms with van der Waals surface area (Å²) >= 11 is 1.85. The number of carbonyl (C=O) groups excluding carboxylic acids is 1. The summed E-state index contributed by atoms with van der Waals surface area (Å²) in [7, 11) is 1.75. The average Bonchev–Trinajstić information content (AvgIpc) is 2.86. The zero-order valence-electron chi connectivity index (χ0n) is 11.9. The summed E-state index contributed by atoms with van der Waals surface area (Å²) in [5, 5.41) is 15.8. The van der Waals surface area contributed by atoms with E-state index in [1.165, 1.54) is 10.9 Å². The Kier molecular flexibility index (Phi) is 6.50. The molecule has 0 spiro atoms. The molecule has 1 unspecified atom stereocenters. The number of likely N-dealkylation sites (N-methyl/N-ethyl adjacent to an activating group) is 1. The van der Waals surface area contributed by atoms with Crippen molar-refractivity contribution in [2.24, 2.45) is 0 Å². The van der Waals surface area contributed by atoms with Crippen LogP contribution in [0.15, 0.2) is 6.20 Å². The Labute approximate surface area is 122 Å². The zero-order chi connectivity index (χ0) is 15.1. The number of carboxylic acids is 1. The molecular formula is C12H20N4O3S. The molecule has 1 aromatic heterocycles. The number of carbonyl (C=O) groups is 2. The molecule has 0 bridgehead atoms. The molecule has 7 nitrogen and oxygen atoms in total. The van der Waals surface area contributed by atoms with Crippen LogP contribution in [0.1, 0.15) is 30.8 Å². The molecule has 1 rings (SSSR count). The number of aromatic nitrogens is 3. The van der Waals surface area contributed by atoms with Crippen LogP contribution in [0.2, 0.25) is 0 Å². The number of amides is 1. The first-order chi connectivity index (χ1) is 9.45. The van der Waals surface area contributed by atoms with Crippen LogP contribution in [0, 0.1) is 0 Å². The van der Waals surface area contributed by atoms with Crippen molar-refractivity contribution in [1.29, 1.82) is 0 Å². The molecule has 1 atom stereocenters. The Morgan fingerprint density at radius 1 is 1.55 bits per heavy atom. The second-order valence-electron chi connectivity index (χ2n) is 4.45. The minimum Gasteiger partial charge on any atom is -0.476 e. The summed E-state index contributed by atoms with van der Waals surface area (Å²) in [4.78, 5) is 24.4. The van der Waals surface area contributed by atoms with Crippen LogP contribution in [-0.2, 0) is 11.3 Å². The van der Waals surface area contributed by atoms with Gasteiger partial charge in [-0.05, 0) is 24.9 Å². The fourth-order valence-electron chi connectivity index (χ4n) is 1.56. The van der Waals surface area contributed by atoms with Crippen molar-refractivity contribution < 1.29 is 14.7 Å². The van der Waals surface area contributed by atoms with Gasteiger partial charge >= 0.3 is 5.97 Å². The Morgan fingerprint density at radius 2 is 2.25 bits per heavy atom. The highest BCUT2D eigenvalue weighted by Gasteiger charge is 2.17. The number of hydrogen-bond acceptors (Lipinski definition) is 5. The van der Waals surface area contributed by atoms with Crippen LogP contribution in [-0.4, -0.2) is 61.5 Å². The van der Waals surface area contributed by atoms with E-state index < -0.39 is 5.97 Å². The van der Waals surface area contributed by atoms with Crippen LogP contribution in [0.5, 0.6) is 0 Å². The third kappa shape index (κ3) is 4.84. The summed E-state index contributed by atoms with van der Waals surface area (Å²) in [5.74, 6) is 0.825. The summed E-state index contributed by atoms with van der Waals surface area (Å²) in [6.07, 6.45) is 2.18. The number of aromatic carboxylic acids is 1. The second kappa shape index (κ2) is 7.88. The van der Waals surface area contributed by atoms with Crippen LogP contribution < -0.4 is 0 Å². The first-order valence-corrected chi connectivity index (χ1v) is 7.58. The topological polar surface area (TPSA) is 88.3 Å². The van der Waals surface area contributed by atoms with Gasteiger partial charge in [0.1, 0.15) is 6.54 Å². The predicted octanol–water partition coefficient (Wildman–Crippen LogP) is 0.966. The molecule has 0 saturated heterocycles. The van der Waals surface area contributed by atoms with E-state index in [2.05, 4.69) is 17.2 Å². The second-order valence-corrected chi connectivity index (χ2v) is 5.84. The van der Waals surface area contributed by atoms with Crippen molar-refractivity contribution in [3.05, 3.63) is 11.9 Å². The molecule has 0 saturated carbocycles. The van der Waals surface area contributed by atoms with E-state index in [0.29, 0.717) is 0 Å². The minimum atomic E-state index is -1.15. The number of thioether (sulfide) groups is 1. The Bertz CT molecular complexity index is 463. The highest BCUT2D eigenvalue weighted by atomic mass is 32.2. The van der Waals surface area contributed by atoms with Gasteiger partial charge in [0.25, 0.3) is 0 Å². The van der Waals surface area contributed by atoms with E-state index in [1.807, 2.05) is 18.7 Å². The SMILES string of the molecule is CCSCCC(C)N(C)C(=O)Cn1cc(C(=O)O)nn1. The lowest BCUT2D eigenvalue weighted by Gasteiger charge is -2.24. The van der Waals surface area contributed by atoms with Gasteiger partial charge in [0.2, 0.25) is 5.91 Å². The summed E-state index contributed by atoms with van der Waals surface area (Å²) in [6.45, 7) is 4.11. The standard InChI is InChI=1S/C12H20N4O3S/c1-4-20-6-5-9(2)15(3)11(17)8-16-7-10(12(18)19)13-14-16/h7,9H,4-6,8H2,1-3H3,(H,18,19). The predicted molar refractivity (Wildman–Crippen MR) is 76.8 cm³/mol. The van der Waals surface area contributed by atoms with E-state index >= 15 is 0 Å². The van der Waals surface area contributed by atoms with Crippen molar-refractivity contribution in [2.75, 3.05) is 18.6 Å². The maximum absolute atomic E-state index is 12.0. The largest absolute Gasteiger partial charge is 0.476 e. The minimum absolute atomic E-state index is 0.00202. The highest BCUT2D eigenvalue weighted by Crippen LogP contribution is 2.09. The Balaban J connectivity index is 2.49. The van der Waals surface area contributed by atoms with Crippen LogP contribution in [0.3, 0.4) is 0 Å². The van der Waals surface area contributed by atoms with Gasteiger partial charge in [-0.2, -0.15) is 11.8 Å². The van der Waals surface area contributed by atoms with Crippen LogP contribution in [0.4, 0.5) is 0 Å². The third-order valence-electron chi connectivity index (χ3n) is 2.99. The first kappa shape index (κ1) is 16.5. The molecule has 0 aliphatic carbocycles. The zero-order valence-corrected chi connectivity index (χ0v) is 12.8. The lowest BCUT2D eigenvalue weighted by Crippen LogP contribution is -2.37. The molecule has 1 N–H and O–H groups in total. The lowest BCUT2D eigenvalue weighted by atomic mass is 10.2. The summed E-state index contributed by atoms with van der Waals surface area (Å²) in [6, 6.07) is 0.143. The van der Waals surface area contributed by atoms with Gasteiger partial charge in [0.05, 0.1) is 6.20 Å². The normalized spacial score (nSPS) is 12.2.